The number of carbonyl (C=O) groups excluding carboxylic acids is 1. The molecule has 2 heterocycles. The van der Waals surface area contributed by atoms with Gasteiger partial charge in [-0.05, 0) is 48.9 Å². The molecule has 1 atom stereocenters. The minimum atomic E-state index is -0.702. The number of carboxylic acid groups (broad SMARTS) is 1. The molecular formula is C18H19N3O4. The fourth-order valence-corrected chi connectivity index (χ4v) is 3.76. The number of piperidine rings is 1. The van der Waals surface area contributed by atoms with Crippen molar-refractivity contribution in [3.63, 3.8) is 0 Å². The minimum absolute atomic E-state index is 0.0179. The highest BCUT2D eigenvalue weighted by atomic mass is 16.4. The second-order valence-electron chi connectivity index (χ2n) is 6.95. The summed E-state index contributed by atoms with van der Waals surface area (Å²) < 4.78 is 5.38. The molecule has 1 aliphatic carbocycles. The van der Waals surface area contributed by atoms with Gasteiger partial charge in [0.15, 0.2) is 0 Å². The normalized spacial score (nSPS) is 21.3. The summed E-state index contributed by atoms with van der Waals surface area (Å²) in [5, 5.41) is 16.9. The van der Waals surface area contributed by atoms with Crippen LogP contribution in [0.15, 0.2) is 28.7 Å². The number of likely N-dealkylation sites (tertiary alicyclic amines) is 1. The van der Waals surface area contributed by atoms with Crippen LogP contribution in [0.5, 0.6) is 0 Å². The summed E-state index contributed by atoms with van der Waals surface area (Å²) in [7, 11) is 0. The maximum absolute atomic E-state index is 12.7. The molecule has 2 fully saturated rings. The van der Waals surface area contributed by atoms with Crippen molar-refractivity contribution in [2.45, 2.75) is 26.2 Å². The summed E-state index contributed by atoms with van der Waals surface area (Å²) in [6, 6.07) is 7.12. The molecule has 0 radical (unpaired) electrons. The molecule has 7 heteroatoms. The maximum Gasteiger partial charge on any atom is 0.307 e. The lowest BCUT2D eigenvalue weighted by atomic mass is 9.90. The molecule has 1 spiro atoms. The first-order valence-corrected chi connectivity index (χ1v) is 8.41. The second kappa shape index (κ2) is 5.68. The second-order valence-corrected chi connectivity index (χ2v) is 6.95. The van der Waals surface area contributed by atoms with E-state index in [0.29, 0.717) is 30.4 Å². The van der Waals surface area contributed by atoms with Crippen molar-refractivity contribution in [1.82, 2.24) is 15.1 Å². The number of carbonyl (C=O) groups is 2. The van der Waals surface area contributed by atoms with E-state index in [1.54, 1.807) is 31.2 Å². The van der Waals surface area contributed by atoms with E-state index >= 15 is 0 Å². The summed E-state index contributed by atoms with van der Waals surface area (Å²) in [4.78, 5) is 25.6. The Labute approximate surface area is 144 Å². The number of hydrogen-bond donors (Lipinski definition) is 1. The Kier molecular flexibility index (Phi) is 3.59. The third kappa shape index (κ3) is 2.79. The molecule has 0 bridgehead atoms. The largest absolute Gasteiger partial charge is 0.481 e. The molecule has 4 rings (SSSR count). The lowest BCUT2D eigenvalue weighted by molar-refractivity contribution is -0.139. The molecule has 25 heavy (non-hydrogen) atoms. The van der Waals surface area contributed by atoms with Gasteiger partial charge in [0.25, 0.3) is 5.91 Å². The Hall–Kier alpha value is -2.70. The monoisotopic (exact) mass is 341 g/mol. The van der Waals surface area contributed by atoms with Gasteiger partial charge in [-0.25, -0.2) is 0 Å². The van der Waals surface area contributed by atoms with Gasteiger partial charge in [0.1, 0.15) is 0 Å². The van der Waals surface area contributed by atoms with Crippen molar-refractivity contribution < 1.29 is 19.1 Å². The van der Waals surface area contributed by atoms with Crippen LogP contribution in [0.4, 0.5) is 0 Å². The highest BCUT2D eigenvalue weighted by Crippen LogP contribution is 2.59. The number of aromatic nitrogens is 2. The Balaban J connectivity index is 1.41. The molecule has 1 amide bonds. The van der Waals surface area contributed by atoms with E-state index in [1.807, 2.05) is 4.90 Å². The van der Waals surface area contributed by atoms with Gasteiger partial charge in [-0.3, -0.25) is 9.59 Å². The average molecular weight is 341 g/mol. The number of nitrogens with zero attached hydrogens (tertiary/aromatic N) is 3. The van der Waals surface area contributed by atoms with Gasteiger partial charge < -0.3 is 14.4 Å². The molecule has 2 aliphatic rings. The van der Waals surface area contributed by atoms with Gasteiger partial charge in [-0.2, -0.15) is 0 Å². The first-order valence-electron chi connectivity index (χ1n) is 8.41. The zero-order valence-electron chi connectivity index (χ0n) is 13.9. The van der Waals surface area contributed by atoms with Gasteiger partial charge in [0.05, 0.1) is 5.92 Å². The summed E-state index contributed by atoms with van der Waals surface area (Å²) in [6.45, 7) is 2.97. The Morgan fingerprint density at radius 1 is 1.20 bits per heavy atom. The number of aryl methyl sites for hydroxylation is 1. The molecule has 130 valence electrons. The third-order valence-electron chi connectivity index (χ3n) is 5.44. The number of carboxylic acids is 1. The van der Waals surface area contributed by atoms with Crippen LogP contribution >= 0.6 is 0 Å². The average Bonchev–Trinajstić information content (AvgIpc) is 3.15. The van der Waals surface area contributed by atoms with Gasteiger partial charge >= 0.3 is 5.97 Å². The van der Waals surface area contributed by atoms with Crippen LogP contribution in [0.1, 0.15) is 35.5 Å². The molecule has 7 nitrogen and oxygen atoms in total. The van der Waals surface area contributed by atoms with E-state index in [0.717, 1.165) is 24.8 Å². The Bertz CT molecular complexity index is 819. The SMILES string of the molecule is Cc1nnc(-c2ccc(C(=O)N3CCC4(CC3)CC4C(=O)O)cc2)o1. The van der Waals surface area contributed by atoms with E-state index in [1.165, 1.54) is 0 Å². The molecule has 2 aromatic rings. The summed E-state index contributed by atoms with van der Waals surface area (Å²) in [5.41, 5.74) is 1.32. The highest BCUT2D eigenvalue weighted by molar-refractivity contribution is 5.94. The van der Waals surface area contributed by atoms with E-state index < -0.39 is 5.97 Å². The molecule has 1 unspecified atom stereocenters. The van der Waals surface area contributed by atoms with Gasteiger partial charge in [0, 0.05) is 31.1 Å². The van der Waals surface area contributed by atoms with Crippen molar-refractivity contribution in [3.05, 3.63) is 35.7 Å². The first-order chi connectivity index (χ1) is 12.0. The van der Waals surface area contributed by atoms with Crippen molar-refractivity contribution in [1.29, 1.82) is 0 Å². The smallest absolute Gasteiger partial charge is 0.307 e. The van der Waals surface area contributed by atoms with Crippen LogP contribution in [-0.4, -0.2) is 45.2 Å². The highest BCUT2D eigenvalue weighted by Gasteiger charge is 2.59. The summed E-state index contributed by atoms with van der Waals surface area (Å²) in [6.07, 6.45) is 2.30. The van der Waals surface area contributed by atoms with Crippen molar-refractivity contribution in [2.75, 3.05) is 13.1 Å². The number of benzene rings is 1. The zero-order valence-corrected chi connectivity index (χ0v) is 13.9. The van der Waals surface area contributed by atoms with E-state index in [2.05, 4.69) is 10.2 Å². The number of rotatable bonds is 3. The number of amides is 1. The van der Waals surface area contributed by atoms with Crippen LogP contribution in [-0.2, 0) is 4.79 Å². The van der Waals surface area contributed by atoms with Crippen molar-refractivity contribution >= 4 is 11.9 Å². The topological polar surface area (TPSA) is 96.5 Å². The maximum atomic E-state index is 12.7. The van der Waals surface area contributed by atoms with E-state index in [9.17, 15) is 9.59 Å². The van der Waals surface area contributed by atoms with Gasteiger partial charge in [-0.15, -0.1) is 10.2 Å². The van der Waals surface area contributed by atoms with E-state index in [4.69, 9.17) is 9.52 Å². The van der Waals surface area contributed by atoms with Gasteiger partial charge in [-0.1, -0.05) is 0 Å². The van der Waals surface area contributed by atoms with Crippen LogP contribution < -0.4 is 0 Å². The molecule has 1 aliphatic heterocycles. The van der Waals surface area contributed by atoms with Crippen LogP contribution in [0.25, 0.3) is 11.5 Å². The molecule has 1 saturated heterocycles. The van der Waals surface area contributed by atoms with Crippen LogP contribution in [0, 0.1) is 18.3 Å². The number of hydrogen-bond acceptors (Lipinski definition) is 5. The Morgan fingerprint density at radius 2 is 1.88 bits per heavy atom. The van der Waals surface area contributed by atoms with Crippen LogP contribution in [0.2, 0.25) is 0 Å². The fraction of sp³-hybridized carbons (Fsp3) is 0.444. The van der Waals surface area contributed by atoms with Gasteiger partial charge in [0.2, 0.25) is 11.8 Å². The van der Waals surface area contributed by atoms with Crippen LogP contribution in [0.3, 0.4) is 0 Å². The Morgan fingerprint density at radius 3 is 2.40 bits per heavy atom. The van der Waals surface area contributed by atoms with E-state index in [-0.39, 0.29) is 17.2 Å². The van der Waals surface area contributed by atoms with Crippen molar-refractivity contribution in [2.24, 2.45) is 11.3 Å². The molecular weight excluding hydrogens is 322 g/mol. The molecule has 1 aromatic carbocycles. The first kappa shape index (κ1) is 15.8. The molecule has 1 aromatic heterocycles. The lowest BCUT2D eigenvalue weighted by Crippen LogP contribution is -2.40. The fourth-order valence-electron chi connectivity index (χ4n) is 3.76. The summed E-state index contributed by atoms with van der Waals surface area (Å²) in [5.74, 6) is -0.00819. The number of aliphatic carboxylic acids is 1. The quantitative estimate of drug-likeness (QED) is 0.920. The zero-order chi connectivity index (χ0) is 17.6. The third-order valence-corrected chi connectivity index (χ3v) is 5.44. The predicted octanol–water partition coefficient (Wildman–Crippen LogP) is 2.37. The standard InChI is InChI=1S/C18H19N3O4/c1-11-19-20-15(25-11)12-2-4-13(5-3-12)16(22)21-8-6-18(7-9-21)10-14(18)17(23)24/h2-5,14H,6-10H2,1H3,(H,23,24). The molecule has 1 saturated carbocycles. The predicted molar refractivity (Wildman–Crippen MR) is 87.8 cm³/mol. The lowest BCUT2D eigenvalue weighted by Gasteiger charge is -2.32. The van der Waals surface area contributed by atoms with Crippen molar-refractivity contribution in [3.8, 4) is 11.5 Å². The molecule has 1 N–H and O–H groups in total. The minimum Gasteiger partial charge on any atom is -0.481 e. The summed E-state index contributed by atoms with van der Waals surface area (Å²) >= 11 is 0.